The van der Waals surface area contributed by atoms with Crippen molar-refractivity contribution in [3.63, 3.8) is 0 Å². The number of ether oxygens (including phenoxy) is 1. The van der Waals surface area contributed by atoms with Gasteiger partial charge < -0.3 is 4.74 Å². The minimum atomic E-state index is -4.77. The third kappa shape index (κ3) is 2.90. The number of nitrogens with one attached hydrogen (secondary N) is 1. The number of hydrogen-bond acceptors (Lipinski definition) is 6. The lowest BCUT2D eigenvalue weighted by Crippen LogP contribution is -2.17. The van der Waals surface area contributed by atoms with Gasteiger partial charge in [0.2, 0.25) is 5.82 Å². The number of fused-ring (bicyclic) bond motifs is 1. The van der Waals surface area contributed by atoms with Gasteiger partial charge in [0.1, 0.15) is 11.4 Å². The van der Waals surface area contributed by atoms with Crippen LogP contribution in [0.25, 0.3) is 28.2 Å². The molecule has 8 nitrogen and oxygen atoms in total. The minimum Gasteiger partial charge on any atom is -0.406 e. The zero-order valence-corrected chi connectivity index (χ0v) is 12.7. The summed E-state index contributed by atoms with van der Waals surface area (Å²) in [6, 6.07) is 8.52. The molecule has 0 amide bonds. The number of nitrogens with zero attached hydrogens (tertiary/aromatic N) is 4. The van der Waals surface area contributed by atoms with Crippen LogP contribution in [-0.2, 0) is 0 Å². The number of benzene rings is 1. The fourth-order valence-corrected chi connectivity index (χ4v) is 2.43. The number of aromatic nitrogens is 5. The Kier molecular flexibility index (Phi) is 3.49. The summed E-state index contributed by atoms with van der Waals surface area (Å²) >= 11 is 0. The number of aromatic amines is 1. The van der Waals surface area contributed by atoms with E-state index >= 15 is 0 Å². The van der Waals surface area contributed by atoms with Gasteiger partial charge in [0, 0.05) is 6.20 Å². The molecule has 0 saturated heterocycles. The highest BCUT2D eigenvalue weighted by molar-refractivity contribution is 5.89. The molecule has 0 bridgehead atoms. The molecule has 4 aromatic rings. The van der Waals surface area contributed by atoms with E-state index < -0.39 is 12.1 Å². The van der Waals surface area contributed by atoms with Gasteiger partial charge in [-0.25, -0.2) is 14.5 Å². The number of H-pyrrole nitrogens is 1. The molecule has 132 valence electrons. The van der Waals surface area contributed by atoms with Gasteiger partial charge in [0.25, 0.3) is 0 Å². The SMILES string of the molecule is O=c1[nH]c(-c2nn(-c3ccc(OC(F)(F)F)cc3)c3ncccc23)no1. The lowest BCUT2D eigenvalue weighted by molar-refractivity contribution is -0.274. The molecule has 3 aromatic heterocycles. The zero-order valence-electron chi connectivity index (χ0n) is 12.7. The third-order valence-corrected chi connectivity index (χ3v) is 3.42. The Morgan fingerprint density at radius 1 is 1.15 bits per heavy atom. The number of halogens is 3. The molecular formula is C15H8F3N5O3. The van der Waals surface area contributed by atoms with Gasteiger partial charge in [-0.1, -0.05) is 5.16 Å². The lowest BCUT2D eigenvalue weighted by Gasteiger charge is -2.09. The van der Waals surface area contributed by atoms with Crippen LogP contribution >= 0.6 is 0 Å². The molecule has 0 unspecified atom stereocenters. The predicted molar refractivity (Wildman–Crippen MR) is 81.7 cm³/mol. The van der Waals surface area contributed by atoms with Crippen LogP contribution in [0.2, 0.25) is 0 Å². The number of alkyl halides is 3. The quantitative estimate of drug-likeness (QED) is 0.601. The molecule has 11 heteroatoms. The van der Waals surface area contributed by atoms with Crippen LogP contribution in [0.4, 0.5) is 13.2 Å². The van der Waals surface area contributed by atoms with Crippen molar-refractivity contribution < 1.29 is 22.4 Å². The fraction of sp³-hybridized carbons (Fsp3) is 0.0667. The molecule has 0 fully saturated rings. The summed E-state index contributed by atoms with van der Waals surface area (Å²) in [5, 5.41) is 8.53. The number of pyridine rings is 1. The Morgan fingerprint density at radius 3 is 2.58 bits per heavy atom. The average molecular weight is 363 g/mol. The fourth-order valence-electron chi connectivity index (χ4n) is 2.43. The highest BCUT2D eigenvalue weighted by Gasteiger charge is 2.31. The topological polar surface area (TPSA) is 98.8 Å². The molecule has 0 aliphatic carbocycles. The molecule has 0 aliphatic heterocycles. The summed E-state index contributed by atoms with van der Waals surface area (Å²) in [6.45, 7) is 0. The summed E-state index contributed by atoms with van der Waals surface area (Å²) < 4.78 is 46.6. The van der Waals surface area contributed by atoms with Gasteiger partial charge in [-0.05, 0) is 36.4 Å². The minimum absolute atomic E-state index is 0.115. The van der Waals surface area contributed by atoms with E-state index in [4.69, 9.17) is 0 Å². The first kappa shape index (κ1) is 15.9. The van der Waals surface area contributed by atoms with Crippen LogP contribution in [0.3, 0.4) is 0 Å². The monoisotopic (exact) mass is 363 g/mol. The molecule has 0 atom stereocenters. The Labute approximate surface area is 141 Å². The first-order valence-electron chi connectivity index (χ1n) is 7.17. The van der Waals surface area contributed by atoms with Crippen molar-refractivity contribution in [1.82, 2.24) is 24.9 Å². The van der Waals surface area contributed by atoms with Crippen LogP contribution in [-0.4, -0.2) is 31.3 Å². The number of hydrogen-bond donors (Lipinski definition) is 1. The standard InChI is InChI=1S/C15H8F3N5O3/c16-15(17,18)25-9-5-3-8(4-6-9)23-13-10(2-1-7-19-13)11(21-23)12-20-14(24)26-22-12/h1-7H,(H,20,22,24). The summed E-state index contributed by atoms with van der Waals surface area (Å²) in [6.07, 6.45) is -3.23. The number of rotatable bonds is 3. The molecule has 0 radical (unpaired) electrons. The van der Waals surface area contributed by atoms with Crippen LogP contribution < -0.4 is 10.5 Å². The van der Waals surface area contributed by atoms with E-state index in [9.17, 15) is 18.0 Å². The Balaban J connectivity index is 1.81. The highest BCUT2D eigenvalue weighted by atomic mass is 19.4. The Morgan fingerprint density at radius 2 is 1.92 bits per heavy atom. The normalized spacial score (nSPS) is 11.8. The molecule has 26 heavy (non-hydrogen) atoms. The van der Waals surface area contributed by atoms with Crippen LogP contribution in [0.1, 0.15) is 0 Å². The highest BCUT2D eigenvalue weighted by Crippen LogP contribution is 2.28. The first-order chi connectivity index (χ1) is 12.4. The van der Waals surface area contributed by atoms with Crippen LogP contribution in [0.15, 0.2) is 51.9 Å². The van der Waals surface area contributed by atoms with E-state index in [0.717, 1.165) is 12.1 Å². The van der Waals surface area contributed by atoms with Gasteiger partial charge in [0.05, 0.1) is 11.1 Å². The molecule has 3 heterocycles. The summed E-state index contributed by atoms with van der Waals surface area (Å²) in [4.78, 5) is 17.8. The van der Waals surface area contributed by atoms with Gasteiger partial charge in [-0.15, -0.1) is 13.2 Å². The van der Waals surface area contributed by atoms with Crippen molar-refractivity contribution in [1.29, 1.82) is 0 Å². The molecule has 0 aliphatic rings. The van der Waals surface area contributed by atoms with Crippen molar-refractivity contribution in [2.75, 3.05) is 0 Å². The van der Waals surface area contributed by atoms with Crippen molar-refractivity contribution >= 4 is 11.0 Å². The van der Waals surface area contributed by atoms with Gasteiger partial charge in [0.15, 0.2) is 5.65 Å². The molecule has 4 rings (SSSR count). The van der Waals surface area contributed by atoms with E-state index in [1.165, 1.54) is 23.0 Å². The van der Waals surface area contributed by atoms with E-state index in [2.05, 4.69) is 29.5 Å². The van der Waals surface area contributed by atoms with Gasteiger partial charge >= 0.3 is 12.1 Å². The van der Waals surface area contributed by atoms with E-state index in [1.807, 2.05) is 0 Å². The molecule has 0 spiro atoms. The second-order valence-corrected chi connectivity index (χ2v) is 5.12. The summed E-state index contributed by atoms with van der Waals surface area (Å²) in [7, 11) is 0. The molecule has 0 saturated carbocycles. The van der Waals surface area contributed by atoms with Gasteiger partial charge in [-0.3, -0.25) is 9.51 Å². The Bertz CT molecular complexity index is 1130. The molecule has 1 N–H and O–H groups in total. The zero-order chi connectivity index (χ0) is 18.3. The van der Waals surface area contributed by atoms with Crippen LogP contribution in [0, 0.1) is 0 Å². The average Bonchev–Trinajstić information content (AvgIpc) is 3.18. The largest absolute Gasteiger partial charge is 0.573 e. The van der Waals surface area contributed by atoms with E-state index in [0.29, 0.717) is 22.4 Å². The maximum absolute atomic E-state index is 12.3. The van der Waals surface area contributed by atoms with Crippen molar-refractivity contribution in [2.45, 2.75) is 6.36 Å². The van der Waals surface area contributed by atoms with Crippen molar-refractivity contribution in [3.8, 4) is 23.0 Å². The maximum atomic E-state index is 12.3. The molecular weight excluding hydrogens is 355 g/mol. The first-order valence-corrected chi connectivity index (χ1v) is 7.17. The van der Waals surface area contributed by atoms with E-state index in [1.54, 1.807) is 12.1 Å². The second kappa shape index (κ2) is 5.72. The summed E-state index contributed by atoms with van der Waals surface area (Å²) in [5.41, 5.74) is 1.19. The molecule has 1 aromatic carbocycles. The lowest BCUT2D eigenvalue weighted by atomic mass is 10.2. The predicted octanol–water partition coefficient (Wildman–Crippen LogP) is 2.66. The smallest absolute Gasteiger partial charge is 0.406 e. The van der Waals surface area contributed by atoms with Crippen LogP contribution in [0.5, 0.6) is 5.75 Å². The Hall–Kier alpha value is -3.63. The van der Waals surface area contributed by atoms with Crippen molar-refractivity contribution in [2.24, 2.45) is 0 Å². The van der Waals surface area contributed by atoms with E-state index in [-0.39, 0.29) is 11.6 Å². The van der Waals surface area contributed by atoms with Gasteiger partial charge in [-0.2, -0.15) is 5.10 Å². The third-order valence-electron chi connectivity index (χ3n) is 3.42. The van der Waals surface area contributed by atoms with Crippen molar-refractivity contribution in [3.05, 3.63) is 53.1 Å². The summed E-state index contributed by atoms with van der Waals surface area (Å²) in [5.74, 6) is -0.976. The maximum Gasteiger partial charge on any atom is 0.573 e. The second-order valence-electron chi connectivity index (χ2n) is 5.12.